The van der Waals surface area contributed by atoms with Crippen molar-refractivity contribution in [3.8, 4) is 11.5 Å². The molecule has 0 heterocycles. The normalized spacial score (nSPS) is 41.7. The zero-order valence-corrected chi connectivity index (χ0v) is 14.7. The summed E-state index contributed by atoms with van der Waals surface area (Å²) in [5.74, 6) is 1.34. The van der Waals surface area contributed by atoms with Gasteiger partial charge in [0.05, 0.1) is 0 Å². The topological polar surface area (TPSA) is 40.5 Å². The highest BCUT2D eigenvalue weighted by atomic mass is 16.3. The van der Waals surface area contributed by atoms with Gasteiger partial charge in [0.15, 0.2) is 0 Å². The maximum absolute atomic E-state index is 10.8. The molecular formula is C21H28O2. The summed E-state index contributed by atoms with van der Waals surface area (Å²) in [6.45, 7) is 9.46. The molecule has 4 rings (SSSR count). The summed E-state index contributed by atoms with van der Waals surface area (Å²) in [6.07, 6.45) is 7.81. The fourth-order valence-corrected chi connectivity index (χ4v) is 6.57. The number of hydrogen-bond donors (Lipinski definition) is 2. The third-order valence-corrected chi connectivity index (χ3v) is 8.16. The van der Waals surface area contributed by atoms with E-state index in [-0.39, 0.29) is 16.2 Å². The lowest BCUT2D eigenvalue weighted by molar-refractivity contribution is -0.0624. The zero-order valence-electron chi connectivity index (χ0n) is 14.7. The van der Waals surface area contributed by atoms with Gasteiger partial charge in [-0.2, -0.15) is 0 Å². The second-order valence-corrected chi connectivity index (χ2v) is 8.65. The van der Waals surface area contributed by atoms with Gasteiger partial charge in [0.2, 0.25) is 0 Å². The van der Waals surface area contributed by atoms with Gasteiger partial charge >= 0.3 is 0 Å². The number of phenols is 2. The Morgan fingerprint density at radius 2 is 1.78 bits per heavy atom. The number of hydrogen-bond acceptors (Lipinski definition) is 2. The van der Waals surface area contributed by atoms with Gasteiger partial charge in [-0.15, -0.1) is 0 Å². The first-order chi connectivity index (χ1) is 10.8. The molecule has 2 nitrogen and oxygen atoms in total. The van der Waals surface area contributed by atoms with E-state index in [9.17, 15) is 10.2 Å². The van der Waals surface area contributed by atoms with E-state index in [1.54, 1.807) is 12.1 Å². The summed E-state index contributed by atoms with van der Waals surface area (Å²) in [6, 6.07) is 3.36. The van der Waals surface area contributed by atoms with Crippen LogP contribution in [-0.2, 0) is 11.8 Å². The molecule has 0 radical (unpaired) electrons. The number of allylic oxidation sites excluding steroid dienone is 2. The van der Waals surface area contributed by atoms with Gasteiger partial charge in [-0.05, 0) is 67.9 Å². The SMILES string of the molecule is CC1=CCCC23c4c(O)ccc(O)c4CC2(C)C(C)CCC13C. The second-order valence-electron chi connectivity index (χ2n) is 8.65. The van der Waals surface area contributed by atoms with E-state index in [1.165, 1.54) is 18.4 Å². The highest BCUT2D eigenvalue weighted by Crippen LogP contribution is 2.74. The zero-order chi connectivity index (χ0) is 16.6. The molecule has 1 aromatic carbocycles. The monoisotopic (exact) mass is 312 g/mol. The maximum Gasteiger partial charge on any atom is 0.119 e. The van der Waals surface area contributed by atoms with Crippen molar-refractivity contribution < 1.29 is 10.2 Å². The molecule has 1 saturated carbocycles. The van der Waals surface area contributed by atoms with Crippen LogP contribution in [0.5, 0.6) is 11.5 Å². The van der Waals surface area contributed by atoms with Crippen molar-refractivity contribution in [3.63, 3.8) is 0 Å². The van der Waals surface area contributed by atoms with Crippen molar-refractivity contribution >= 4 is 0 Å². The first-order valence-electron chi connectivity index (χ1n) is 8.99. The van der Waals surface area contributed by atoms with Crippen molar-refractivity contribution in [1.29, 1.82) is 0 Å². The Balaban J connectivity index is 2.11. The van der Waals surface area contributed by atoms with Crippen LogP contribution in [0, 0.1) is 16.7 Å². The maximum atomic E-state index is 10.8. The Kier molecular flexibility index (Phi) is 2.85. The summed E-state index contributed by atoms with van der Waals surface area (Å²) >= 11 is 0. The summed E-state index contributed by atoms with van der Waals surface area (Å²) < 4.78 is 0. The van der Waals surface area contributed by atoms with Gasteiger partial charge < -0.3 is 10.2 Å². The average Bonchev–Trinajstić information content (AvgIpc) is 2.79. The lowest BCUT2D eigenvalue weighted by Crippen LogP contribution is -2.60. The smallest absolute Gasteiger partial charge is 0.119 e. The molecule has 0 amide bonds. The molecule has 124 valence electrons. The molecule has 2 heteroatoms. The molecule has 4 atom stereocenters. The van der Waals surface area contributed by atoms with Gasteiger partial charge in [-0.3, -0.25) is 0 Å². The largest absolute Gasteiger partial charge is 0.508 e. The molecule has 3 aliphatic rings. The summed E-state index contributed by atoms with van der Waals surface area (Å²) in [4.78, 5) is 0. The molecule has 3 aliphatic carbocycles. The third-order valence-electron chi connectivity index (χ3n) is 8.16. The van der Waals surface area contributed by atoms with Crippen molar-refractivity contribution in [3.05, 3.63) is 34.9 Å². The third kappa shape index (κ3) is 1.46. The molecule has 1 fully saturated rings. The lowest BCUT2D eigenvalue weighted by atomic mass is 9.39. The van der Waals surface area contributed by atoms with Gasteiger partial charge in [-0.1, -0.05) is 32.4 Å². The van der Waals surface area contributed by atoms with E-state index in [0.717, 1.165) is 30.4 Å². The highest BCUT2D eigenvalue weighted by Gasteiger charge is 2.68. The van der Waals surface area contributed by atoms with E-state index in [1.807, 2.05) is 0 Å². The number of phenolic OH excluding ortho intramolecular Hbond substituents is 2. The Morgan fingerprint density at radius 1 is 1.09 bits per heavy atom. The summed E-state index contributed by atoms with van der Waals surface area (Å²) in [5.41, 5.74) is 3.63. The number of fused-ring (bicyclic) bond motifs is 1. The van der Waals surface area contributed by atoms with E-state index in [2.05, 4.69) is 33.8 Å². The van der Waals surface area contributed by atoms with E-state index in [0.29, 0.717) is 17.4 Å². The molecule has 23 heavy (non-hydrogen) atoms. The predicted molar refractivity (Wildman–Crippen MR) is 92.8 cm³/mol. The average molecular weight is 312 g/mol. The Morgan fingerprint density at radius 3 is 2.52 bits per heavy atom. The van der Waals surface area contributed by atoms with Crippen LogP contribution < -0.4 is 0 Å². The standard InChI is InChI=1S/C21H28O2/c1-13-6-5-10-21-18-15(16(22)7-8-17(18)23)12-20(21,4)14(2)9-11-19(13,21)3/h6-8,14,22-23H,5,9-12H2,1-4H3. The van der Waals surface area contributed by atoms with Gasteiger partial charge in [0.1, 0.15) is 11.5 Å². The summed E-state index contributed by atoms with van der Waals surface area (Å²) in [5, 5.41) is 21.3. The molecule has 0 saturated heterocycles. The summed E-state index contributed by atoms with van der Waals surface area (Å²) in [7, 11) is 0. The minimum atomic E-state index is -0.0609. The van der Waals surface area contributed by atoms with Crippen LogP contribution in [0.3, 0.4) is 0 Å². The fourth-order valence-electron chi connectivity index (χ4n) is 6.57. The van der Waals surface area contributed by atoms with Crippen LogP contribution in [0.15, 0.2) is 23.8 Å². The number of benzene rings is 1. The van der Waals surface area contributed by atoms with Crippen LogP contribution in [0.4, 0.5) is 0 Å². The Labute approximate surface area is 139 Å². The molecule has 1 spiro atoms. The van der Waals surface area contributed by atoms with E-state index >= 15 is 0 Å². The Hall–Kier alpha value is -1.44. The molecule has 4 unspecified atom stereocenters. The van der Waals surface area contributed by atoms with Crippen molar-refractivity contribution in [1.82, 2.24) is 0 Å². The van der Waals surface area contributed by atoms with Crippen molar-refractivity contribution in [2.75, 3.05) is 0 Å². The van der Waals surface area contributed by atoms with E-state index < -0.39 is 0 Å². The Bertz CT molecular complexity index is 719. The van der Waals surface area contributed by atoms with Crippen LogP contribution in [0.2, 0.25) is 0 Å². The quantitative estimate of drug-likeness (QED) is 0.518. The molecule has 0 aliphatic heterocycles. The molecular weight excluding hydrogens is 284 g/mol. The van der Waals surface area contributed by atoms with Gasteiger partial charge in [0.25, 0.3) is 0 Å². The molecule has 0 bridgehead atoms. The van der Waals surface area contributed by atoms with E-state index in [4.69, 9.17) is 0 Å². The van der Waals surface area contributed by atoms with Crippen molar-refractivity contribution in [2.45, 2.75) is 65.2 Å². The first-order valence-corrected chi connectivity index (χ1v) is 8.99. The van der Waals surface area contributed by atoms with Gasteiger partial charge in [0, 0.05) is 16.5 Å². The van der Waals surface area contributed by atoms with Crippen molar-refractivity contribution in [2.24, 2.45) is 16.7 Å². The molecule has 1 aromatic rings. The minimum absolute atomic E-state index is 0.0609. The first kappa shape index (κ1) is 15.1. The van der Waals surface area contributed by atoms with Crippen LogP contribution >= 0.6 is 0 Å². The number of rotatable bonds is 0. The minimum Gasteiger partial charge on any atom is -0.508 e. The number of aromatic hydroxyl groups is 2. The highest BCUT2D eigenvalue weighted by molar-refractivity contribution is 5.60. The van der Waals surface area contributed by atoms with Gasteiger partial charge in [-0.25, -0.2) is 0 Å². The molecule has 2 N–H and O–H groups in total. The van der Waals surface area contributed by atoms with Crippen LogP contribution in [-0.4, -0.2) is 10.2 Å². The van der Waals surface area contributed by atoms with Crippen LogP contribution in [0.25, 0.3) is 0 Å². The predicted octanol–water partition coefficient (Wildman–Crippen LogP) is 5.07. The fraction of sp³-hybridized carbons (Fsp3) is 0.619. The molecule has 0 aromatic heterocycles. The lowest BCUT2D eigenvalue weighted by Gasteiger charge is -2.64. The second kappa shape index (κ2) is 4.34. The van der Waals surface area contributed by atoms with Crippen LogP contribution in [0.1, 0.15) is 64.5 Å².